The lowest BCUT2D eigenvalue weighted by Crippen LogP contribution is -2.47. The molecule has 1 amide bonds. The number of aromatic amines is 1. The van der Waals surface area contributed by atoms with Crippen LogP contribution in [0.4, 0.5) is 0 Å². The summed E-state index contributed by atoms with van der Waals surface area (Å²) in [6.45, 7) is 3.15. The molecule has 2 aliphatic heterocycles. The van der Waals surface area contributed by atoms with E-state index in [1.54, 1.807) is 6.21 Å². The molecule has 0 spiro atoms. The van der Waals surface area contributed by atoms with Gasteiger partial charge in [0.05, 0.1) is 12.3 Å². The molecule has 0 radical (unpaired) electrons. The van der Waals surface area contributed by atoms with Gasteiger partial charge in [0.25, 0.3) is 5.91 Å². The fourth-order valence-corrected chi connectivity index (χ4v) is 4.02. The van der Waals surface area contributed by atoms with Gasteiger partial charge in [0.2, 0.25) is 0 Å². The van der Waals surface area contributed by atoms with Gasteiger partial charge in [0.1, 0.15) is 13.2 Å². The Labute approximate surface area is 168 Å². The molecule has 5 rings (SSSR count). The number of H-pyrrole nitrogens is 1. The van der Waals surface area contributed by atoms with Crippen molar-refractivity contribution in [2.75, 3.05) is 13.2 Å². The van der Waals surface area contributed by atoms with E-state index in [2.05, 4.69) is 39.9 Å². The van der Waals surface area contributed by atoms with E-state index in [1.165, 1.54) is 10.9 Å². The number of carbonyl (C=O) groups excluding carboxylic acids is 1. The highest BCUT2D eigenvalue weighted by molar-refractivity contribution is 5.89. The van der Waals surface area contributed by atoms with Crippen molar-refractivity contribution in [3.05, 3.63) is 59.3 Å². The SMILES string of the molecule is C[C@@H]1N[C@H](C(=O)N/N=C/c2ccc3c(c2)OCCO3)Cc2c1[nH]c1ccccc21. The third-order valence-electron chi connectivity index (χ3n) is 5.41. The van der Waals surface area contributed by atoms with E-state index < -0.39 is 0 Å². The zero-order chi connectivity index (χ0) is 19.8. The Morgan fingerprint density at radius 3 is 2.90 bits per heavy atom. The maximum atomic E-state index is 12.7. The Balaban J connectivity index is 1.28. The number of para-hydroxylation sites is 1. The molecule has 148 valence electrons. The van der Waals surface area contributed by atoms with E-state index in [-0.39, 0.29) is 18.0 Å². The molecule has 3 aromatic rings. The van der Waals surface area contributed by atoms with Crippen LogP contribution in [0.15, 0.2) is 47.6 Å². The number of benzene rings is 2. The standard InChI is InChI=1S/C22H22N4O3/c1-13-21-16(15-4-2-3-5-17(15)25-21)11-18(24-13)22(27)26-23-12-14-6-7-19-20(10-14)29-9-8-28-19/h2-7,10,12-13,18,24-25H,8-9,11H2,1H3,(H,26,27)/b23-12+/t13-,18-/m0/s1. The van der Waals surface area contributed by atoms with Crippen molar-refractivity contribution in [1.82, 2.24) is 15.7 Å². The van der Waals surface area contributed by atoms with Crippen molar-refractivity contribution in [2.24, 2.45) is 5.10 Å². The predicted molar refractivity (Wildman–Crippen MR) is 111 cm³/mol. The molecule has 0 saturated heterocycles. The first kappa shape index (κ1) is 17.8. The molecule has 0 saturated carbocycles. The lowest BCUT2D eigenvalue weighted by atomic mass is 9.94. The second-order valence-electron chi connectivity index (χ2n) is 7.35. The maximum Gasteiger partial charge on any atom is 0.257 e. The molecule has 0 fully saturated rings. The van der Waals surface area contributed by atoms with Crippen LogP contribution in [0.2, 0.25) is 0 Å². The van der Waals surface area contributed by atoms with Crippen molar-refractivity contribution in [2.45, 2.75) is 25.4 Å². The van der Waals surface area contributed by atoms with E-state index in [9.17, 15) is 4.79 Å². The topological polar surface area (TPSA) is 87.7 Å². The largest absolute Gasteiger partial charge is 0.486 e. The first-order chi connectivity index (χ1) is 14.2. The second kappa shape index (κ2) is 7.25. The van der Waals surface area contributed by atoms with Crippen molar-refractivity contribution >= 4 is 23.0 Å². The van der Waals surface area contributed by atoms with Gasteiger partial charge in [-0.05, 0) is 48.7 Å². The maximum absolute atomic E-state index is 12.7. The minimum atomic E-state index is -0.339. The summed E-state index contributed by atoms with van der Waals surface area (Å²) in [7, 11) is 0. The smallest absolute Gasteiger partial charge is 0.257 e. The van der Waals surface area contributed by atoms with E-state index >= 15 is 0 Å². The number of hydrazone groups is 1. The molecule has 1 aromatic heterocycles. The number of fused-ring (bicyclic) bond motifs is 4. The van der Waals surface area contributed by atoms with Crippen LogP contribution in [0.25, 0.3) is 10.9 Å². The number of hydrogen-bond donors (Lipinski definition) is 3. The molecule has 2 aromatic carbocycles. The van der Waals surface area contributed by atoms with Gasteiger partial charge in [-0.25, -0.2) is 5.43 Å². The number of aromatic nitrogens is 1. The number of amides is 1. The normalized spacial score (nSPS) is 20.6. The van der Waals surface area contributed by atoms with Crippen LogP contribution < -0.4 is 20.2 Å². The van der Waals surface area contributed by atoms with Crippen LogP contribution in [-0.2, 0) is 11.2 Å². The van der Waals surface area contributed by atoms with Gasteiger partial charge in [0.15, 0.2) is 11.5 Å². The lowest BCUT2D eigenvalue weighted by Gasteiger charge is -2.27. The van der Waals surface area contributed by atoms with Crippen LogP contribution in [0.5, 0.6) is 11.5 Å². The van der Waals surface area contributed by atoms with Crippen LogP contribution in [-0.4, -0.2) is 36.4 Å². The molecular weight excluding hydrogens is 368 g/mol. The number of carbonyl (C=O) groups is 1. The average molecular weight is 390 g/mol. The highest BCUT2D eigenvalue weighted by atomic mass is 16.6. The summed E-state index contributed by atoms with van der Waals surface area (Å²) in [5.74, 6) is 1.27. The van der Waals surface area contributed by atoms with Gasteiger partial charge < -0.3 is 14.5 Å². The van der Waals surface area contributed by atoms with Crippen LogP contribution in [0, 0.1) is 0 Å². The summed E-state index contributed by atoms with van der Waals surface area (Å²) in [5.41, 5.74) is 6.94. The summed E-state index contributed by atoms with van der Waals surface area (Å²) in [5, 5.41) is 8.67. The minimum Gasteiger partial charge on any atom is -0.486 e. The molecule has 29 heavy (non-hydrogen) atoms. The fraction of sp³-hybridized carbons (Fsp3) is 0.273. The van der Waals surface area contributed by atoms with Crippen molar-refractivity contribution < 1.29 is 14.3 Å². The number of rotatable bonds is 3. The predicted octanol–water partition coefficient (Wildman–Crippen LogP) is 2.66. The Bertz CT molecular complexity index is 1100. The molecule has 7 heteroatoms. The Kier molecular flexibility index (Phi) is 4.44. The molecule has 2 aliphatic rings. The molecule has 0 bridgehead atoms. The third kappa shape index (κ3) is 3.34. The lowest BCUT2D eigenvalue weighted by molar-refractivity contribution is -0.123. The van der Waals surface area contributed by atoms with Gasteiger partial charge in [-0.1, -0.05) is 18.2 Å². The zero-order valence-electron chi connectivity index (χ0n) is 16.1. The van der Waals surface area contributed by atoms with Crippen LogP contribution >= 0.6 is 0 Å². The molecule has 3 N–H and O–H groups in total. The molecule has 0 unspecified atom stereocenters. The molecule has 3 heterocycles. The minimum absolute atomic E-state index is 0.0590. The van der Waals surface area contributed by atoms with Crippen molar-refractivity contribution in [1.29, 1.82) is 0 Å². The summed E-state index contributed by atoms with van der Waals surface area (Å²) >= 11 is 0. The summed E-state index contributed by atoms with van der Waals surface area (Å²) in [6.07, 6.45) is 2.23. The Hall–Kier alpha value is -3.32. The number of ether oxygens (including phenoxy) is 2. The van der Waals surface area contributed by atoms with Crippen LogP contribution in [0.3, 0.4) is 0 Å². The molecule has 7 nitrogen and oxygen atoms in total. The van der Waals surface area contributed by atoms with Crippen molar-refractivity contribution in [3.8, 4) is 11.5 Å². The average Bonchev–Trinajstić information content (AvgIpc) is 3.13. The molecule has 2 atom stereocenters. The van der Waals surface area contributed by atoms with E-state index in [4.69, 9.17) is 9.47 Å². The molecular formula is C22H22N4O3. The second-order valence-corrected chi connectivity index (χ2v) is 7.35. The number of nitrogens with one attached hydrogen (secondary N) is 3. The first-order valence-corrected chi connectivity index (χ1v) is 9.77. The quantitative estimate of drug-likeness (QED) is 0.474. The van der Waals surface area contributed by atoms with E-state index in [1.807, 2.05) is 30.3 Å². The highest BCUT2D eigenvalue weighted by Crippen LogP contribution is 2.32. The fourth-order valence-electron chi connectivity index (χ4n) is 4.02. The monoisotopic (exact) mass is 390 g/mol. The highest BCUT2D eigenvalue weighted by Gasteiger charge is 2.30. The van der Waals surface area contributed by atoms with Gasteiger partial charge in [-0.15, -0.1) is 0 Å². The van der Waals surface area contributed by atoms with E-state index in [0.29, 0.717) is 25.4 Å². The summed E-state index contributed by atoms with van der Waals surface area (Å²) in [4.78, 5) is 16.2. The van der Waals surface area contributed by atoms with Gasteiger partial charge in [0, 0.05) is 22.6 Å². The van der Waals surface area contributed by atoms with Crippen LogP contribution in [0.1, 0.15) is 29.8 Å². The zero-order valence-corrected chi connectivity index (χ0v) is 16.1. The number of hydrogen-bond acceptors (Lipinski definition) is 5. The molecule has 0 aliphatic carbocycles. The van der Waals surface area contributed by atoms with Gasteiger partial charge >= 0.3 is 0 Å². The van der Waals surface area contributed by atoms with Gasteiger partial charge in [-0.2, -0.15) is 5.10 Å². The first-order valence-electron chi connectivity index (χ1n) is 9.77. The Morgan fingerprint density at radius 1 is 1.17 bits per heavy atom. The van der Waals surface area contributed by atoms with Crippen molar-refractivity contribution in [3.63, 3.8) is 0 Å². The summed E-state index contributed by atoms with van der Waals surface area (Å²) in [6, 6.07) is 13.5. The number of nitrogens with zero attached hydrogens (tertiary/aromatic N) is 1. The summed E-state index contributed by atoms with van der Waals surface area (Å²) < 4.78 is 11.1. The van der Waals surface area contributed by atoms with E-state index in [0.717, 1.165) is 22.5 Å². The van der Waals surface area contributed by atoms with Gasteiger partial charge in [-0.3, -0.25) is 10.1 Å². The Morgan fingerprint density at radius 2 is 2.00 bits per heavy atom. The third-order valence-corrected chi connectivity index (χ3v) is 5.41.